The third kappa shape index (κ3) is 4.97. The molecule has 0 atom stereocenters. The van der Waals surface area contributed by atoms with Crippen molar-refractivity contribution in [2.45, 2.75) is 11.8 Å². The van der Waals surface area contributed by atoms with Crippen LogP contribution in [0, 0.1) is 6.92 Å². The van der Waals surface area contributed by atoms with Crippen LogP contribution in [-0.4, -0.2) is 14.2 Å². The fourth-order valence-electron chi connectivity index (χ4n) is 2.54. The summed E-state index contributed by atoms with van der Waals surface area (Å²) in [5, 5.41) is 0. The molecule has 0 fully saturated rings. The van der Waals surface area contributed by atoms with E-state index < -0.39 is 10.0 Å². The number of anilines is 1. The Labute approximate surface area is 173 Å². The number of hydrogen-bond donors (Lipinski definition) is 1. The zero-order valence-electron chi connectivity index (χ0n) is 15.1. The van der Waals surface area contributed by atoms with Gasteiger partial charge < -0.3 is 0 Å². The van der Waals surface area contributed by atoms with Gasteiger partial charge in [0.2, 0.25) is 0 Å². The van der Waals surface area contributed by atoms with Crippen molar-refractivity contribution < 1.29 is 13.2 Å². The van der Waals surface area contributed by atoms with E-state index in [2.05, 4.69) is 20.7 Å². The van der Waals surface area contributed by atoms with E-state index in [4.69, 9.17) is 0 Å². The third-order valence-corrected chi connectivity index (χ3v) is 5.98. The first-order chi connectivity index (χ1) is 13.3. The molecule has 4 nitrogen and oxygen atoms in total. The second-order valence-electron chi connectivity index (χ2n) is 6.21. The number of allylic oxidation sites excluding steroid dienone is 1. The number of carbonyl (C=O) groups is 1. The highest BCUT2D eigenvalue weighted by Crippen LogP contribution is 2.22. The fourth-order valence-corrected chi connectivity index (χ4v) is 3.89. The smallest absolute Gasteiger partial charge is 0.261 e. The quantitative estimate of drug-likeness (QED) is 0.396. The average Bonchev–Trinajstić information content (AvgIpc) is 2.68. The summed E-state index contributed by atoms with van der Waals surface area (Å²) < 4.78 is 28.8. The van der Waals surface area contributed by atoms with Crippen molar-refractivity contribution in [3.8, 4) is 0 Å². The minimum Gasteiger partial charge on any atom is -0.289 e. The van der Waals surface area contributed by atoms with Gasteiger partial charge in [0.15, 0.2) is 5.78 Å². The summed E-state index contributed by atoms with van der Waals surface area (Å²) in [5.41, 5.74) is 2.36. The number of sulfonamides is 1. The number of aryl methyl sites for hydroxylation is 1. The molecule has 0 spiro atoms. The number of halogens is 1. The highest BCUT2D eigenvalue weighted by Gasteiger charge is 2.17. The molecule has 3 rings (SSSR count). The molecule has 0 saturated heterocycles. The number of para-hydroxylation sites is 1. The van der Waals surface area contributed by atoms with Crippen LogP contribution < -0.4 is 4.72 Å². The highest BCUT2D eigenvalue weighted by atomic mass is 79.9. The molecule has 0 saturated carbocycles. The zero-order valence-corrected chi connectivity index (χ0v) is 17.5. The molecule has 0 aliphatic heterocycles. The topological polar surface area (TPSA) is 63.2 Å². The lowest BCUT2D eigenvalue weighted by Gasteiger charge is -2.11. The van der Waals surface area contributed by atoms with Crippen LogP contribution in [0.15, 0.2) is 88.2 Å². The van der Waals surface area contributed by atoms with Crippen molar-refractivity contribution in [3.05, 3.63) is 100 Å². The first-order valence-electron chi connectivity index (χ1n) is 8.52. The minimum atomic E-state index is -3.79. The predicted octanol–water partition coefficient (Wildman–Crippen LogP) is 5.45. The monoisotopic (exact) mass is 455 g/mol. The molecule has 3 aromatic rings. The van der Waals surface area contributed by atoms with E-state index in [0.29, 0.717) is 0 Å². The maximum Gasteiger partial charge on any atom is 0.261 e. The van der Waals surface area contributed by atoms with E-state index in [1.165, 1.54) is 18.2 Å². The predicted molar refractivity (Wildman–Crippen MR) is 116 cm³/mol. The van der Waals surface area contributed by atoms with Crippen molar-refractivity contribution in [2.75, 3.05) is 4.72 Å². The molecule has 0 heterocycles. The second kappa shape index (κ2) is 8.54. The molecule has 28 heavy (non-hydrogen) atoms. The van der Waals surface area contributed by atoms with Gasteiger partial charge in [-0.05, 0) is 55.0 Å². The lowest BCUT2D eigenvalue weighted by molar-refractivity contribution is 0.104. The van der Waals surface area contributed by atoms with E-state index >= 15 is 0 Å². The largest absolute Gasteiger partial charge is 0.289 e. The van der Waals surface area contributed by atoms with E-state index in [1.54, 1.807) is 42.5 Å². The van der Waals surface area contributed by atoms with Crippen molar-refractivity contribution in [3.63, 3.8) is 0 Å². The van der Waals surface area contributed by atoms with Crippen LogP contribution in [0.1, 0.15) is 21.5 Å². The van der Waals surface area contributed by atoms with Crippen molar-refractivity contribution in [1.82, 2.24) is 0 Å². The van der Waals surface area contributed by atoms with Crippen molar-refractivity contribution in [1.29, 1.82) is 0 Å². The maximum absolute atomic E-state index is 12.7. The standard InChI is InChI=1S/C22H18BrNO3S/c1-16-6-13-19(14-7-16)28(26,27)24-21-5-3-2-4-20(21)22(25)15-10-17-8-11-18(23)12-9-17/h2-15,24H,1H3/b15-10+. The van der Waals surface area contributed by atoms with Gasteiger partial charge in [0, 0.05) is 10.0 Å². The summed E-state index contributed by atoms with van der Waals surface area (Å²) >= 11 is 3.37. The molecule has 0 radical (unpaired) electrons. The molecule has 1 N–H and O–H groups in total. The zero-order chi connectivity index (χ0) is 20.1. The summed E-state index contributed by atoms with van der Waals surface area (Å²) in [6.45, 7) is 1.88. The van der Waals surface area contributed by atoms with Gasteiger partial charge in [-0.2, -0.15) is 0 Å². The maximum atomic E-state index is 12.7. The Bertz CT molecular complexity index is 1120. The summed E-state index contributed by atoms with van der Waals surface area (Å²) in [4.78, 5) is 12.8. The molecule has 142 valence electrons. The van der Waals surface area contributed by atoms with Gasteiger partial charge in [0.05, 0.1) is 10.6 Å². The number of nitrogens with one attached hydrogen (secondary N) is 1. The van der Waals surface area contributed by atoms with E-state index in [1.807, 2.05) is 31.2 Å². The van der Waals surface area contributed by atoms with Gasteiger partial charge in [0.25, 0.3) is 10.0 Å². The third-order valence-electron chi connectivity index (χ3n) is 4.07. The molecular weight excluding hydrogens is 438 g/mol. The average molecular weight is 456 g/mol. The van der Waals surface area contributed by atoms with Gasteiger partial charge in [-0.3, -0.25) is 9.52 Å². The van der Waals surface area contributed by atoms with Crippen LogP contribution in [0.5, 0.6) is 0 Å². The number of hydrogen-bond acceptors (Lipinski definition) is 3. The van der Waals surface area contributed by atoms with Crippen LogP contribution in [0.3, 0.4) is 0 Å². The van der Waals surface area contributed by atoms with Crippen LogP contribution in [-0.2, 0) is 10.0 Å². The normalized spacial score (nSPS) is 11.5. The van der Waals surface area contributed by atoms with Gasteiger partial charge in [-0.1, -0.05) is 64.0 Å². The summed E-state index contributed by atoms with van der Waals surface area (Å²) in [5.74, 6) is -0.287. The minimum absolute atomic E-state index is 0.144. The molecule has 0 unspecified atom stereocenters. The first-order valence-corrected chi connectivity index (χ1v) is 10.8. The van der Waals surface area contributed by atoms with Crippen LogP contribution in [0.25, 0.3) is 6.08 Å². The first kappa shape index (κ1) is 20.0. The molecule has 0 aliphatic rings. The van der Waals surface area contributed by atoms with Gasteiger partial charge >= 0.3 is 0 Å². The van der Waals surface area contributed by atoms with Gasteiger partial charge in [0.1, 0.15) is 0 Å². The Hall–Kier alpha value is -2.70. The fraction of sp³-hybridized carbons (Fsp3) is 0.0455. The van der Waals surface area contributed by atoms with Crippen LogP contribution in [0.2, 0.25) is 0 Å². The molecule has 0 aromatic heterocycles. The Morgan fingerprint density at radius 2 is 1.57 bits per heavy atom. The Kier molecular flexibility index (Phi) is 6.11. The van der Waals surface area contributed by atoms with E-state index in [0.717, 1.165) is 15.6 Å². The van der Waals surface area contributed by atoms with Crippen molar-refractivity contribution >= 4 is 43.5 Å². The SMILES string of the molecule is Cc1ccc(S(=O)(=O)Nc2ccccc2C(=O)/C=C/c2ccc(Br)cc2)cc1. The molecule has 3 aromatic carbocycles. The molecular formula is C22H18BrNO3S. The lowest BCUT2D eigenvalue weighted by atomic mass is 10.1. The summed E-state index contributed by atoms with van der Waals surface area (Å²) in [6.07, 6.45) is 3.13. The molecule has 0 aliphatic carbocycles. The number of rotatable bonds is 6. The number of carbonyl (C=O) groups excluding carboxylic acids is 1. The van der Waals surface area contributed by atoms with E-state index in [9.17, 15) is 13.2 Å². The van der Waals surface area contributed by atoms with Crippen molar-refractivity contribution in [2.24, 2.45) is 0 Å². The molecule has 0 bridgehead atoms. The Morgan fingerprint density at radius 3 is 2.25 bits per heavy atom. The number of benzene rings is 3. The number of ketones is 1. The van der Waals surface area contributed by atoms with Crippen LogP contribution >= 0.6 is 15.9 Å². The summed E-state index contributed by atoms with van der Waals surface area (Å²) in [7, 11) is -3.79. The van der Waals surface area contributed by atoms with Crippen LogP contribution in [0.4, 0.5) is 5.69 Å². The Morgan fingerprint density at radius 1 is 0.929 bits per heavy atom. The lowest BCUT2D eigenvalue weighted by Crippen LogP contribution is -2.15. The highest BCUT2D eigenvalue weighted by molar-refractivity contribution is 9.10. The summed E-state index contributed by atoms with van der Waals surface area (Å²) in [6, 6.07) is 20.6. The van der Waals surface area contributed by atoms with E-state index in [-0.39, 0.29) is 21.9 Å². The second-order valence-corrected chi connectivity index (χ2v) is 8.81. The van der Waals surface area contributed by atoms with Gasteiger partial charge in [-0.15, -0.1) is 0 Å². The molecule has 6 heteroatoms. The molecule has 0 amide bonds. The van der Waals surface area contributed by atoms with Gasteiger partial charge in [-0.25, -0.2) is 8.42 Å². The Balaban J connectivity index is 1.85.